The van der Waals surface area contributed by atoms with Crippen molar-refractivity contribution in [2.24, 2.45) is 0 Å². The lowest BCUT2D eigenvalue weighted by atomic mass is 10.2. The summed E-state index contributed by atoms with van der Waals surface area (Å²) < 4.78 is 49.8. The Morgan fingerprint density at radius 1 is 1.22 bits per heavy atom. The van der Waals surface area contributed by atoms with Crippen molar-refractivity contribution in [3.05, 3.63) is 62.9 Å². The molecule has 0 atom stereocenters. The van der Waals surface area contributed by atoms with E-state index >= 15 is 0 Å². The molecule has 122 valence electrons. The van der Waals surface area contributed by atoms with Crippen LogP contribution in [-0.4, -0.2) is 20.9 Å². The van der Waals surface area contributed by atoms with E-state index < -0.39 is 24.3 Å². The Morgan fingerprint density at radius 2 is 1.87 bits per heavy atom. The Balaban J connectivity index is 0.000000595. The van der Waals surface area contributed by atoms with E-state index in [1.165, 1.54) is 24.7 Å². The summed E-state index contributed by atoms with van der Waals surface area (Å²) in [5, 5.41) is 0. The first kappa shape index (κ1) is 17.2. The van der Waals surface area contributed by atoms with Crippen LogP contribution in [0.1, 0.15) is 5.56 Å². The van der Waals surface area contributed by atoms with Gasteiger partial charge in [-0.2, -0.15) is 4.39 Å². The molecular weight excluding hydrogens is 382 g/mol. The standard InChI is InChI=1S/C13H8BrF2N3O.CH2F2/c1-7-2-10(9(15)3-8(7)14)19-12-5-17-6-18(12)11(16)4-13(19)20;2-1-3/h2-6H,1H3;1H2. The van der Waals surface area contributed by atoms with E-state index in [1.807, 2.05) is 0 Å². The van der Waals surface area contributed by atoms with Crippen molar-refractivity contribution in [1.29, 1.82) is 0 Å². The zero-order valence-electron chi connectivity index (χ0n) is 11.7. The molecule has 9 heteroatoms. The van der Waals surface area contributed by atoms with Gasteiger partial charge in [0.05, 0.1) is 18.0 Å². The van der Waals surface area contributed by atoms with E-state index in [0.29, 0.717) is 4.47 Å². The minimum Gasteiger partial charge on any atom is -0.269 e. The molecule has 2 aromatic heterocycles. The second kappa shape index (κ2) is 6.95. The molecule has 0 spiro atoms. The van der Waals surface area contributed by atoms with Crippen LogP contribution in [-0.2, 0) is 0 Å². The number of nitrogens with zero attached hydrogens (tertiary/aromatic N) is 3. The molecule has 0 aliphatic carbocycles. The van der Waals surface area contributed by atoms with E-state index in [-0.39, 0.29) is 11.3 Å². The first-order valence-corrected chi connectivity index (χ1v) is 7.01. The maximum Gasteiger partial charge on any atom is 0.261 e. The summed E-state index contributed by atoms with van der Waals surface area (Å²) in [6.45, 7) is 0.0230. The molecule has 0 aliphatic rings. The SMILES string of the molecule is Cc1cc(-n2c(=O)cc(F)n3cncc23)c(F)cc1Br.FCF. The van der Waals surface area contributed by atoms with Gasteiger partial charge in [-0.1, -0.05) is 15.9 Å². The molecular formula is C14H10BrF4N3O. The molecule has 3 rings (SSSR count). The van der Waals surface area contributed by atoms with E-state index in [2.05, 4.69) is 20.9 Å². The number of alkyl halides is 2. The highest BCUT2D eigenvalue weighted by molar-refractivity contribution is 9.10. The van der Waals surface area contributed by atoms with Gasteiger partial charge in [-0.25, -0.2) is 18.2 Å². The predicted molar refractivity (Wildman–Crippen MR) is 80.2 cm³/mol. The highest BCUT2D eigenvalue weighted by Crippen LogP contribution is 2.23. The monoisotopic (exact) mass is 391 g/mol. The van der Waals surface area contributed by atoms with Gasteiger partial charge in [-0.15, -0.1) is 0 Å². The number of imidazole rings is 1. The number of aromatic nitrogens is 3. The smallest absolute Gasteiger partial charge is 0.261 e. The fraction of sp³-hybridized carbons (Fsp3) is 0.143. The quantitative estimate of drug-likeness (QED) is 0.468. The van der Waals surface area contributed by atoms with Gasteiger partial charge in [0.1, 0.15) is 17.8 Å². The second-order valence-electron chi connectivity index (χ2n) is 4.42. The average molecular weight is 392 g/mol. The first-order chi connectivity index (χ1) is 10.9. The van der Waals surface area contributed by atoms with Crippen LogP contribution in [0.2, 0.25) is 0 Å². The first-order valence-electron chi connectivity index (χ1n) is 6.22. The van der Waals surface area contributed by atoms with E-state index in [9.17, 15) is 22.4 Å². The third kappa shape index (κ3) is 3.29. The molecule has 0 N–H and O–H groups in total. The largest absolute Gasteiger partial charge is 0.269 e. The summed E-state index contributed by atoms with van der Waals surface area (Å²) in [6.07, 6.45) is 2.53. The number of hydrogen-bond donors (Lipinski definition) is 0. The zero-order chi connectivity index (χ0) is 17.1. The van der Waals surface area contributed by atoms with Crippen LogP contribution in [0.3, 0.4) is 0 Å². The van der Waals surface area contributed by atoms with Crippen LogP contribution in [0, 0.1) is 18.7 Å². The number of rotatable bonds is 1. The number of fused-ring (bicyclic) bond motifs is 1. The molecule has 4 nitrogen and oxygen atoms in total. The van der Waals surface area contributed by atoms with Crippen LogP contribution in [0.15, 0.2) is 40.0 Å². The summed E-state index contributed by atoms with van der Waals surface area (Å²) in [4.78, 5) is 15.8. The summed E-state index contributed by atoms with van der Waals surface area (Å²) in [5.41, 5.74) is 0.322. The molecule has 0 bridgehead atoms. The lowest BCUT2D eigenvalue weighted by Gasteiger charge is -2.11. The molecule has 0 fully saturated rings. The van der Waals surface area contributed by atoms with Crippen molar-refractivity contribution >= 4 is 21.6 Å². The molecule has 0 radical (unpaired) electrons. The van der Waals surface area contributed by atoms with E-state index in [0.717, 1.165) is 20.6 Å². The predicted octanol–water partition coefficient (Wildman–Crippen LogP) is 3.72. The van der Waals surface area contributed by atoms with Crippen molar-refractivity contribution in [1.82, 2.24) is 14.0 Å². The molecule has 0 aliphatic heterocycles. The van der Waals surface area contributed by atoms with Gasteiger partial charge in [-0.05, 0) is 24.6 Å². The highest BCUT2D eigenvalue weighted by atomic mass is 79.9. The third-order valence-electron chi connectivity index (χ3n) is 3.01. The summed E-state index contributed by atoms with van der Waals surface area (Å²) in [6, 6.07) is 3.59. The maximum absolute atomic E-state index is 14.1. The minimum absolute atomic E-state index is 0.0567. The Morgan fingerprint density at radius 3 is 2.52 bits per heavy atom. The molecule has 0 unspecified atom stereocenters. The van der Waals surface area contributed by atoms with Crippen LogP contribution >= 0.6 is 15.9 Å². The van der Waals surface area contributed by atoms with Crippen LogP contribution in [0.5, 0.6) is 0 Å². The van der Waals surface area contributed by atoms with Crippen molar-refractivity contribution in [3.8, 4) is 5.69 Å². The van der Waals surface area contributed by atoms with Crippen molar-refractivity contribution < 1.29 is 17.6 Å². The topological polar surface area (TPSA) is 39.3 Å². The normalized spacial score (nSPS) is 10.5. The number of hydrogen-bond acceptors (Lipinski definition) is 2. The van der Waals surface area contributed by atoms with Gasteiger partial charge in [0.15, 0.2) is 0 Å². The van der Waals surface area contributed by atoms with Crippen molar-refractivity contribution in [3.63, 3.8) is 0 Å². The molecule has 1 aromatic carbocycles. The number of halogens is 5. The fourth-order valence-corrected chi connectivity index (χ4v) is 2.34. The van der Waals surface area contributed by atoms with Crippen LogP contribution < -0.4 is 5.56 Å². The highest BCUT2D eigenvalue weighted by Gasteiger charge is 2.15. The second-order valence-corrected chi connectivity index (χ2v) is 5.27. The lowest BCUT2D eigenvalue weighted by Crippen LogP contribution is -2.22. The van der Waals surface area contributed by atoms with Gasteiger partial charge in [0.25, 0.3) is 5.56 Å². The Labute approximate surface area is 136 Å². The minimum atomic E-state index is -1.75. The van der Waals surface area contributed by atoms with Crippen LogP contribution in [0.4, 0.5) is 17.6 Å². The molecule has 2 heterocycles. The van der Waals surface area contributed by atoms with Gasteiger partial charge >= 0.3 is 0 Å². The van der Waals surface area contributed by atoms with Gasteiger partial charge < -0.3 is 0 Å². The van der Waals surface area contributed by atoms with Gasteiger partial charge in [0.2, 0.25) is 12.9 Å². The molecule has 0 saturated heterocycles. The van der Waals surface area contributed by atoms with E-state index in [4.69, 9.17) is 0 Å². The Hall–Kier alpha value is -2.16. The third-order valence-corrected chi connectivity index (χ3v) is 3.86. The maximum atomic E-state index is 14.1. The molecule has 3 aromatic rings. The summed E-state index contributed by atoms with van der Waals surface area (Å²) in [7, 11) is 0. The lowest BCUT2D eigenvalue weighted by molar-refractivity contribution is 0.295. The van der Waals surface area contributed by atoms with Crippen molar-refractivity contribution in [2.75, 3.05) is 6.93 Å². The molecule has 23 heavy (non-hydrogen) atoms. The number of benzene rings is 1. The zero-order valence-corrected chi connectivity index (χ0v) is 13.3. The Kier molecular flexibility index (Phi) is 5.19. The summed E-state index contributed by atoms with van der Waals surface area (Å²) >= 11 is 3.22. The van der Waals surface area contributed by atoms with Gasteiger partial charge in [-0.3, -0.25) is 13.8 Å². The van der Waals surface area contributed by atoms with E-state index in [1.54, 1.807) is 6.92 Å². The summed E-state index contributed by atoms with van der Waals surface area (Å²) in [5.74, 6) is -1.33. The van der Waals surface area contributed by atoms with Crippen LogP contribution in [0.25, 0.3) is 11.3 Å². The number of aryl methyl sites for hydroxylation is 1. The molecule has 0 saturated carbocycles. The molecule has 0 amide bonds. The van der Waals surface area contributed by atoms with Crippen molar-refractivity contribution in [2.45, 2.75) is 6.92 Å². The fourth-order valence-electron chi connectivity index (χ4n) is 2.02. The average Bonchev–Trinajstić information content (AvgIpc) is 2.95. The Bertz CT molecular complexity index is 907. The van der Waals surface area contributed by atoms with Gasteiger partial charge in [0, 0.05) is 4.47 Å².